The van der Waals surface area contributed by atoms with Crippen molar-refractivity contribution in [3.63, 3.8) is 0 Å². The minimum Gasteiger partial charge on any atom is -0.326 e. The third-order valence-electron chi connectivity index (χ3n) is 4.21. The molecule has 3 rings (SSSR count). The maximum atomic E-state index is 12.2. The van der Waals surface area contributed by atoms with Gasteiger partial charge in [-0.1, -0.05) is 0 Å². The fraction of sp³-hybridized carbons (Fsp3) is 0.500. The largest absolute Gasteiger partial charge is 0.326 e. The highest BCUT2D eigenvalue weighted by atomic mass is 16.2. The molecule has 5 nitrogen and oxygen atoms in total. The van der Waals surface area contributed by atoms with Crippen LogP contribution in [-0.4, -0.2) is 24.9 Å². The minimum atomic E-state index is 0.0697. The highest BCUT2D eigenvalue weighted by Crippen LogP contribution is 2.26. The van der Waals surface area contributed by atoms with Crippen LogP contribution < -0.4 is 16.0 Å². The monoisotopic (exact) mass is 287 g/mol. The molecule has 0 aromatic heterocycles. The number of carbonyl (C=O) groups is 2. The van der Waals surface area contributed by atoms with Crippen LogP contribution >= 0.6 is 0 Å². The number of aryl methyl sites for hydroxylation is 1. The summed E-state index contributed by atoms with van der Waals surface area (Å²) in [6, 6.07) is 5.74. The zero-order valence-electron chi connectivity index (χ0n) is 12.1. The summed E-state index contributed by atoms with van der Waals surface area (Å²) in [5.41, 5.74) is 2.80. The molecule has 2 amide bonds. The van der Waals surface area contributed by atoms with Crippen molar-refractivity contribution in [1.29, 1.82) is 0 Å². The molecule has 1 aromatic rings. The topological polar surface area (TPSA) is 70.2 Å². The van der Waals surface area contributed by atoms with Crippen molar-refractivity contribution >= 4 is 23.2 Å². The SMILES string of the molecule is O=C1CCCc2cc(NC(=O)C3CCNCC3)ccc2N1. The van der Waals surface area contributed by atoms with E-state index in [4.69, 9.17) is 0 Å². The molecule has 5 heteroatoms. The summed E-state index contributed by atoms with van der Waals surface area (Å²) >= 11 is 0. The van der Waals surface area contributed by atoms with Crippen LogP contribution in [0.2, 0.25) is 0 Å². The second-order valence-corrected chi connectivity index (χ2v) is 5.79. The van der Waals surface area contributed by atoms with Gasteiger partial charge in [-0.2, -0.15) is 0 Å². The number of fused-ring (bicyclic) bond motifs is 1. The number of nitrogens with one attached hydrogen (secondary N) is 3. The van der Waals surface area contributed by atoms with E-state index in [1.165, 1.54) is 0 Å². The number of piperidine rings is 1. The maximum Gasteiger partial charge on any atom is 0.227 e. The average molecular weight is 287 g/mol. The number of rotatable bonds is 2. The van der Waals surface area contributed by atoms with Crippen LogP contribution in [0.1, 0.15) is 31.2 Å². The number of amides is 2. The van der Waals surface area contributed by atoms with E-state index in [-0.39, 0.29) is 17.7 Å². The van der Waals surface area contributed by atoms with E-state index in [1.54, 1.807) is 0 Å². The molecular weight excluding hydrogens is 266 g/mol. The molecule has 2 aliphatic rings. The molecule has 1 aromatic carbocycles. The quantitative estimate of drug-likeness (QED) is 0.778. The van der Waals surface area contributed by atoms with E-state index in [2.05, 4.69) is 16.0 Å². The van der Waals surface area contributed by atoms with Crippen LogP contribution in [0.15, 0.2) is 18.2 Å². The molecule has 0 aliphatic carbocycles. The zero-order valence-corrected chi connectivity index (χ0v) is 12.1. The van der Waals surface area contributed by atoms with E-state index < -0.39 is 0 Å². The van der Waals surface area contributed by atoms with Gasteiger partial charge in [-0.15, -0.1) is 0 Å². The highest BCUT2D eigenvalue weighted by molar-refractivity contribution is 5.95. The minimum absolute atomic E-state index is 0.0697. The molecule has 1 fully saturated rings. The van der Waals surface area contributed by atoms with E-state index in [0.29, 0.717) is 6.42 Å². The van der Waals surface area contributed by atoms with Crippen molar-refractivity contribution < 1.29 is 9.59 Å². The molecule has 0 bridgehead atoms. The average Bonchev–Trinajstić information content (AvgIpc) is 2.68. The van der Waals surface area contributed by atoms with E-state index in [0.717, 1.165) is 55.7 Å². The molecule has 21 heavy (non-hydrogen) atoms. The van der Waals surface area contributed by atoms with E-state index >= 15 is 0 Å². The van der Waals surface area contributed by atoms with Gasteiger partial charge in [0, 0.05) is 23.7 Å². The summed E-state index contributed by atoms with van der Waals surface area (Å²) < 4.78 is 0. The summed E-state index contributed by atoms with van der Waals surface area (Å²) in [5.74, 6) is 0.277. The number of hydrogen-bond acceptors (Lipinski definition) is 3. The van der Waals surface area contributed by atoms with Gasteiger partial charge in [0.05, 0.1) is 0 Å². The number of carbonyl (C=O) groups excluding carboxylic acids is 2. The summed E-state index contributed by atoms with van der Waals surface area (Å²) in [6.07, 6.45) is 4.07. The van der Waals surface area contributed by atoms with Gasteiger partial charge in [0.2, 0.25) is 11.8 Å². The van der Waals surface area contributed by atoms with Crippen LogP contribution in [0.5, 0.6) is 0 Å². The van der Waals surface area contributed by atoms with E-state index in [9.17, 15) is 9.59 Å². The molecule has 0 radical (unpaired) electrons. The van der Waals surface area contributed by atoms with Crippen molar-refractivity contribution in [2.75, 3.05) is 23.7 Å². The Balaban J connectivity index is 1.70. The Morgan fingerprint density at radius 3 is 2.81 bits per heavy atom. The Bertz CT molecular complexity index is 550. The first-order valence-corrected chi connectivity index (χ1v) is 7.67. The second-order valence-electron chi connectivity index (χ2n) is 5.79. The number of anilines is 2. The van der Waals surface area contributed by atoms with Crippen LogP contribution in [0.3, 0.4) is 0 Å². The third-order valence-corrected chi connectivity index (χ3v) is 4.21. The predicted molar refractivity (Wildman–Crippen MR) is 82.2 cm³/mol. The van der Waals surface area contributed by atoms with Crippen molar-refractivity contribution in [1.82, 2.24) is 5.32 Å². The first-order chi connectivity index (χ1) is 10.2. The lowest BCUT2D eigenvalue weighted by Crippen LogP contribution is -2.34. The Labute approximate surface area is 124 Å². The normalized spacial score (nSPS) is 19.3. The summed E-state index contributed by atoms with van der Waals surface area (Å²) in [5, 5.41) is 9.19. The first-order valence-electron chi connectivity index (χ1n) is 7.67. The van der Waals surface area contributed by atoms with Gasteiger partial charge in [-0.25, -0.2) is 0 Å². The van der Waals surface area contributed by atoms with Crippen molar-refractivity contribution in [2.24, 2.45) is 5.92 Å². The Kier molecular flexibility index (Phi) is 4.20. The van der Waals surface area contributed by atoms with Crippen molar-refractivity contribution in [3.05, 3.63) is 23.8 Å². The van der Waals surface area contributed by atoms with Crippen LogP contribution in [0.4, 0.5) is 11.4 Å². The molecule has 0 unspecified atom stereocenters. The zero-order chi connectivity index (χ0) is 14.7. The van der Waals surface area contributed by atoms with Gasteiger partial charge in [0.1, 0.15) is 0 Å². The number of hydrogen-bond donors (Lipinski definition) is 3. The van der Waals surface area contributed by atoms with Crippen molar-refractivity contribution in [2.45, 2.75) is 32.1 Å². The molecule has 3 N–H and O–H groups in total. The van der Waals surface area contributed by atoms with Crippen LogP contribution in [0, 0.1) is 5.92 Å². The molecular formula is C16H21N3O2. The third kappa shape index (κ3) is 3.42. The van der Waals surface area contributed by atoms with Crippen LogP contribution in [0.25, 0.3) is 0 Å². The molecule has 0 saturated carbocycles. The fourth-order valence-electron chi connectivity index (χ4n) is 2.98. The second kappa shape index (κ2) is 6.26. The number of benzene rings is 1. The van der Waals surface area contributed by atoms with Crippen LogP contribution in [-0.2, 0) is 16.0 Å². The molecule has 2 heterocycles. The maximum absolute atomic E-state index is 12.2. The predicted octanol–water partition coefficient (Wildman–Crippen LogP) is 1.90. The van der Waals surface area contributed by atoms with Crippen molar-refractivity contribution in [3.8, 4) is 0 Å². The lowest BCUT2D eigenvalue weighted by molar-refractivity contribution is -0.120. The first kappa shape index (κ1) is 14.1. The lowest BCUT2D eigenvalue weighted by Gasteiger charge is -2.22. The van der Waals surface area contributed by atoms with Gasteiger partial charge in [-0.05, 0) is 62.5 Å². The lowest BCUT2D eigenvalue weighted by atomic mass is 9.97. The summed E-state index contributed by atoms with van der Waals surface area (Å²) in [6.45, 7) is 1.82. The van der Waals surface area contributed by atoms with E-state index in [1.807, 2.05) is 18.2 Å². The van der Waals surface area contributed by atoms with Gasteiger partial charge in [-0.3, -0.25) is 9.59 Å². The van der Waals surface area contributed by atoms with Gasteiger partial charge < -0.3 is 16.0 Å². The molecule has 0 atom stereocenters. The fourth-order valence-corrected chi connectivity index (χ4v) is 2.98. The molecule has 1 saturated heterocycles. The Morgan fingerprint density at radius 1 is 1.19 bits per heavy atom. The van der Waals surface area contributed by atoms with Gasteiger partial charge in [0.25, 0.3) is 0 Å². The Hall–Kier alpha value is -1.88. The molecule has 112 valence electrons. The highest BCUT2D eigenvalue weighted by Gasteiger charge is 2.21. The van der Waals surface area contributed by atoms with Gasteiger partial charge in [0.15, 0.2) is 0 Å². The summed E-state index contributed by atoms with van der Waals surface area (Å²) in [7, 11) is 0. The van der Waals surface area contributed by atoms with Gasteiger partial charge >= 0.3 is 0 Å². The Morgan fingerprint density at radius 2 is 2.00 bits per heavy atom. The molecule has 0 spiro atoms. The standard InChI is InChI=1S/C16H21N3O2/c20-15-3-1-2-12-10-13(4-5-14(12)19-15)18-16(21)11-6-8-17-9-7-11/h4-5,10-11,17H,1-3,6-9H2,(H,18,21)(H,19,20). The summed E-state index contributed by atoms with van der Waals surface area (Å²) in [4.78, 5) is 23.8. The smallest absolute Gasteiger partial charge is 0.227 e. The molecule has 2 aliphatic heterocycles.